The number of nitrogens with one attached hydrogen (secondary N) is 2. The van der Waals surface area contributed by atoms with Crippen LogP contribution in [0.3, 0.4) is 0 Å². The maximum atomic E-state index is 9.59. The van der Waals surface area contributed by atoms with Crippen molar-refractivity contribution in [2.45, 2.75) is 39.3 Å². The largest absolute Gasteiger partial charge is 0.412 e. The van der Waals surface area contributed by atoms with Gasteiger partial charge in [0.05, 0.1) is 24.7 Å². The molecule has 5 N–H and O–H groups in total. The van der Waals surface area contributed by atoms with Crippen LogP contribution in [0.15, 0.2) is 55.0 Å². The number of imidazole rings is 1. The zero-order valence-electron chi connectivity index (χ0n) is 18.4. The predicted molar refractivity (Wildman–Crippen MR) is 127 cm³/mol. The summed E-state index contributed by atoms with van der Waals surface area (Å²) in [5.41, 5.74) is 4.22. The molecule has 9 heteroatoms. The van der Waals surface area contributed by atoms with E-state index < -0.39 is 0 Å². The molecule has 0 amide bonds. The van der Waals surface area contributed by atoms with Crippen molar-refractivity contribution in [2.24, 2.45) is 0 Å². The maximum Gasteiger partial charge on any atom is 0.227 e. The highest BCUT2D eigenvalue weighted by atomic mass is 16.3. The molecule has 0 spiro atoms. The number of anilines is 3. The third-order valence-electron chi connectivity index (χ3n) is 5.11. The van der Waals surface area contributed by atoms with E-state index in [1.54, 1.807) is 12.5 Å². The van der Waals surface area contributed by atoms with Gasteiger partial charge in [-0.3, -0.25) is 4.98 Å². The Bertz CT molecular complexity index is 1160. The van der Waals surface area contributed by atoms with Gasteiger partial charge in [-0.25, -0.2) is 4.98 Å². The fourth-order valence-corrected chi connectivity index (χ4v) is 3.33. The zero-order chi connectivity index (χ0) is 21.8. The lowest BCUT2D eigenvalue weighted by Crippen LogP contribution is -2.24. The molecule has 0 bridgehead atoms. The van der Waals surface area contributed by atoms with E-state index >= 15 is 0 Å². The first kappa shape index (κ1) is 23.1. The molecule has 0 aliphatic carbocycles. The van der Waals surface area contributed by atoms with Crippen molar-refractivity contribution in [1.82, 2.24) is 24.5 Å². The molecule has 1 aromatic carbocycles. The SMILES string of the molecule is CC[C@H](CO)Nc1nc(Nc2cccc(-c3ccccn3)c2)c2ncn(C(C)C)c2n1.O. The lowest BCUT2D eigenvalue weighted by atomic mass is 10.1. The maximum absolute atomic E-state index is 9.59. The molecule has 32 heavy (non-hydrogen) atoms. The molecule has 168 valence electrons. The average molecular weight is 436 g/mol. The highest BCUT2D eigenvalue weighted by Gasteiger charge is 2.17. The monoisotopic (exact) mass is 435 g/mol. The first-order valence-electron chi connectivity index (χ1n) is 10.5. The Kier molecular flexibility index (Phi) is 7.34. The van der Waals surface area contributed by atoms with E-state index in [9.17, 15) is 5.11 Å². The van der Waals surface area contributed by atoms with Crippen molar-refractivity contribution in [1.29, 1.82) is 0 Å². The summed E-state index contributed by atoms with van der Waals surface area (Å²) in [7, 11) is 0. The number of aliphatic hydroxyl groups is 1. The molecule has 0 saturated heterocycles. The molecule has 0 aliphatic rings. The summed E-state index contributed by atoms with van der Waals surface area (Å²) in [4.78, 5) is 18.3. The number of fused-ring (bicyclic) bond motifs is 1. The summed E-state index contributed by atoms with van der Waals surface area (Å²) in [6.07, 6.45) is 4.33. The van der Waals surface area contributed by atoms with E-state index in [-0.39, 0.29) is 24.2 Å². The number of rotatable bonds is 8. The standard InChI is InChI=1S/C23H27N7O.H2O/c1-4-17(13-31)27-23-28-21(20-22(29-23)30(14-25-20)15(2)3)26-18-9-7-8-16(12-18)19-10-5-6-11-24-19;/h5-12,14-15,17,31H,4,13H2,1-3H3,(H2,26,27,28,29);1H2/t17-;/m1./s1. The van der Waals surface area contributed by atoms with Crippen molar-refractivity contribution in [3.8, 4) is 11.3 Å². The molecule has 4 aromatic rings. The van der Waals surface area contributed by atoms with Gasteiger partial charge < -0.3 is 25.8 Å². The van der Waals surface area contributed by atoms with Gasteiger partial charge in [-0.15, -0.1) is 0 Å². The molecule has 0 saturated carbocycles. The normalized spacial score (nSPS) is 11.9. The molecule has 0 radical (unpaired) electrons. The first-order valence-corrected chi connectivity index (χ1v) is 10.5. The number of hydrogen-bond donors (Lipinski definition) is 3. The highest BCUT2D eigenvalue weighted by molar-refractivity contribution is 5.87. The van der Waals surface area contributed by atoms with Crippen LogP contribution in [0.1, 0.15) is 33.2 Å². The second kappa shape index (κ2) is 10.2. The van der Waals surface area contributed by atoms with Crippen molar-refractivity contribution >= 4 is 28.6 Å². The Morgan fingerprint density at radius 3 is 2.59 bits per heavy atom. The highest BCUT2D eigenvalue weighted by Crippen LogP contribution is 2.28. The fraction of sp³-hybridized carbons (Fsp3) is 0.304. The van der Waals surface area contributed by atoms with Gasteiger partial charge in [0.15, 0.2) is 17.0 Å². The van der Waals surface area contributed by atoms with Gasteiger partial charge in [-0.2, -0.15) is 9.97 Å². The number of pyridine rings is 1. The minimum Gasteiger partial charge on any atom is -0.412 e. The minimum atomic E-state index is -0.117. The van der Waals surface area contributed by atoms with Crippen LogP contribution in [0, 0.1) is 0 Å². The average Bonchev–Trinajstić information content (AvgIpc) is 3.23. The molecule has 0 fully saturated rings. The Labute approximate surface area is 186 Å². The van der Waals surface area contributed by atoms with E-state index in [4.69, 9.17) is 0 Å². The Morgan fingerprint density at radius 2 is 1.91 bits per heavy atom. The van der Waals surface area contributed by atoms with Crippen molar-refractivity contribution in [3.05, 3.63) is 55.0 Å². The van der Waals surface area contributed by atoms with Crippen LogP contribution in [0.5, 0.6) is 0 Å². The Balaban J connectivity index is 0.00000289. The molecule has 0 unspecified atom stereocenters. The van der Waals surface area contributed by atoms with Gasteiger partial charge in [0, 0.05) is 23.5 Å². The second-order valence-electron chi connectivity index (χ2n) is 7.67. The van der Waals surface area contributed by atoms with E-state index in [1.165, 1.54) is 0 Å². The second-order valence-corrected chi connectivity index (χ2v) is 7.67. The molecule has 4 rings (SSSR count). The number of benzene rings is 1. The number of aliphatic hydroxyl groups excluding tert-OH is 1. The van der Waals surface area contributed by atoms with Gasteiger partial charge in [0.25, 0.3) is 0 Å². The van der Waals surface area contributed by atoms with Crippen molar-refractivity contribution in [3.63, 3.8) is 0 Å². The van der Waals surface area contributed by atoms with Crippen LogP contribution in [0.2, 0.25) is 0 Å². The lowest BCUT2D eigenvalue weighted by molar-refractivity contribution is 0.271. The van der Waals surface area contributed by atoms with E-state index in [0.29, 0.717) is 17.3 Å². The van der Waals surface area contributed by atoms with E-state index in [1.807, 2.05) is 54.0 Å². The molecular formula is C23H29N7O2. The molecular weight excluding hydrogens is 406 g/mol. The van der Waals surface area contributed by atoms with Crippen LogP contribution in [0.4, 0.5) is 17.5 Å². The zero-order valence-corrected chi connectivity index (χ0v) is 18.4. The van der Waals surface area contributed by atoms with Crippen LogP contribution < -0.4 is 10.6 Å². The van der Waals surface area contributed by atoms with Gasteiger partial charge in [0.1, 0.15) is 0 Å². The van der Waals surface area contributed by atoms with Crippen LogP contribution >= 0.6 is 0 Å². The van der Waals surface area contributed by atoms with Gasteiger partial charge in [-0.05, 0) is 44.5 Å². The summed E-state index contributed by atoms with van der Waals surface area (Å²) in [6, 6.07) is 14.0. The molecule has 9 nitrogen and oxygen atoms in total. The smallest absolute Gasteiger partial charge is 0.227 e. The summed E-state index contributed by atoms with van der Waals surface area (Å²) in [6.45, 7) is 6.19. The van der Waals surface area contributed by atoms with Crippen LogP contribution in [-0.2, 0) is 0 Å². The van der Waals surface area contributed by atoms with Gasteiger partial charge >= 0.3 is 0 Å². The third kappa shape index (κ3) is 4.84. The molecule has 3 aromatic heterocycles. The summed E-state index contributed by atoms with van der Waals surface area (Å²) < 4.78 is 2.01. The lowest BCUT2D eigenvalue weighted by Gasteiger charge is -2.16. The van der Waals surface area contributed by atoms with Gasteiger partial charge in [-0.1, -0.05) is 25.1 Å². The topological polar surface area (TPSA) is 132 Å². The van der Waals surface area contributed by atoms with Crippen LogP contribution in [-0.4, -0.2) is 47.7 Å². The first-order chi connectivity index (χ1) is 15.1. The summed E-state index contributed by atoms with van der Waals surface area (Å²) in [5.74, 6) is 1.07. The minimum absolute atomic E-state index is 0. The Hall–Kier alpha value is -3.56. The Morgan fingerprint density at radius 1 is 1.06 bits per heavy atom. The van der Waals surface area contributed by atoms with Crippen LogP contribution in [0.25, 0.3) is 22.4 Å². The molecule has 0 aliphatic heterocycles. The van der Waals surface area contributed by atoms with E-state index in [2.05, 4.69) is 44.4 Å². The third-order valence-corrected chi connectivity index (χ3v) is 5.11. The van der Waals surface area contributed by atoms with Crippen molar-refractivity contribution in [2.75, 3.05) is 17.2 Å². The number of hydrogen-bond acceptors (Lipinski definition) is 7. The van der Waals surface area contributed by atoms with E-state index in [0.717, 1.165) is 29.0 Å². The number of nitrogens with zero attached hydrogens (tertiary/aromatic N) is 5. The quantitative estimate of drug-likeness (QED) is 0.385. The number of aromatic nitrogens is 5. The summed E-state index contributed by atoms with van der Waals surface area (Å²) >= 11 is 0. The molecule has 1 atom stereocenters. The molecule has 3 heterocycles. The predicted octanol–water partition coefficient (Wildman–Crippen LogP) is 3.57. The summed E-state index contributed by atoms with van der Waals surface area (Å²) in [5, 5.41) is 16.2. The van der Waals surface area contributed by atoms with Crippen molar-refractivity contribution < 1.29 is 10.6 Å². The fourth-order valence-electron chi connectivity index (χ4n) is 3.33. The van der Waals surface area contributed by atoms with Gasteiger partial charge in [0.2, 0.25) is 5.95 Å².